The SMILES string of the molecule is C=CCOC(=O)[C@@H](N)CCN(OCc1ccccc1)C(=O)OCc1ccccc1.Cl. The van der Waals surface area contributed by atoms with Gasteiger partial charge in [0.25, 0.3) is 0 Å². The molecule has 2 N–H and O–H groups in total. The molecule has 1 amide bonds. The van der Waals surface area contributed by atoms with Crippen molar-refractivity contribution >= 4 is 24.5 Å². The lowest BCUT2D eigenvalue weighted by Crippen LogP contribution is -2.39. The third-order valence-electron chi connectivity index (χ3n) is 3.93. The van der Waals surface area contributed by atoms with Gasteiger partial charge in [-0.15, -0.1) is 12.4 Å². The standard InChI is InChI=1S/C22H26N2O5.ClH/c1-2-15-27-21(25)20(23)13-14-24(29-17-19-11-7-4-8-12-19)22(26)28-16-18-9-5-3-6-10-18;/h2-12,20H,1,13-17,23H2;1H/t20-;/m0./s1. The molecule has 0 aliphatic heterocycles. The normalized spacial score (nSPS) is 11.0. The summed E-state index contributed by atoms with van der Waals surface area (Å²) in [4.78, 5) is 29.9. The van der Waals surface area contributed by atoms with Crippen molar-refractivity contribution in [3.8, 4) is 0 Å². The molecule has 0 heterocycles. The number of hydrogen-bond acceptors (Lipinski definition) is 6. The molecule has 0 spiro atoms. The minimum absolute atomic E-state index is 0. The van der Waals surface area contributed by atoms with E-state index in [4.69, 9.17) is 20.0 Å². The van der Waals surface area contributed by atoms with Crippen LogP contribution in [0.4, 0.5) is 4.79 Å². The number of hydrogen-bond donors (Lipinski definition) is 1. The Bertz CT molecular complexity index is 774. The lowest BCUT2D eigenvalue weighted by atomic mass is 10.2. The van der Waals surface area contributed by atoms with E-state index in [0.717, 1.165) is 16.2 Å². The summed E-state index contributed by atoms with van der Waals surface area (Å²) in [5, 5.41) is 1.08. The second kappa shape index (κ2) is 14.2. The molecular formula is C22H27ClN2O5. The smallest absolute Gasteiger partial charge is 0.434 e. The Balaban J connectivity index is 0.00000450. The average Bonchev–Trinajstić information content (AvgIpc) is 2.77. The predicted molar refractivity (Wildman–Crippen MR) is 116 cm³/mol. The van der Waals surface area contributed by atoms with Crippen LogP contribution >= 0.6 is 12.4 Å². The van der Waals surface area contributed by atoms with E-state index in [1.807, 2.05) is 60.7 Å². The maximum absolute atomic E-state index is 12.5. The van der Waals surface area contributed by atoms with Crippen molar-refractivity contribution in [2.75, 3.05) is 13.2 Å². The Kier molecular flexibility index (Phi) is 11.9. The number of hydroxylamine groups is 2. The van der Waals surface area contributed by atoms with Crippen LogP contribution in [0.5, 0.6) is 0 Å². The van der Waals surface area contributed by atoms with Crippen LogP contribution in [-0.4, -0.2) is 36.3 Å². The molecule has 0 unspecified atom stereocenters. The van der Waals surface area contributed by atoms with Gasteiger partial charge in [-0.25, -0.2) is 4.79 Å². The molecule has 0 bridgehead atoms. The largest absolute Gasteiger partial charge is 0.460 e. The number of ether oxygens (including phenoxy) is 2. The quantitative estimate of drug-likeness (QED) is 0.330. The summed E-state index contributed by atoms with van der Waals surface area (Å²) in [6, 6.07) is 17.8. The van der Waals surface area contributed by atoms with E-state index in [0.29, 0.717) is 0 Å². The van der Waals surface area contributed by atoms with Crippen LogP contribution in [0.15, 0.2) is 73.3 Å². The summed E-state index contributed by atoms with van der Waals surface area (Å²) in [6.45, 7) is 3.93. The minimum atomic E-state index is -0.889. The maximum atomic E-state index is 12.5. The van der Waals surface area contributed by atoms with E-state index in [2.05, 4.69) is 6.58 Å². The molecule has 7 nitrogen and oxygen atoms in total. The summed E-state index contributed by atoms with van der Waals surface area (Å²) in [5.41, 5.74) is 7.58. The van der Waals surface area contributed by atoms with E-state index < -0.39 is 18.1 Å². The highest BCUT2D eigenvalue weighted by atomic mass is 35.5. The summed E-state index contributed by atoms with van der Waals surface area (Å²) < 4.78 is 10.3. The van der Waals surface area contributed by atoms with E-state index in [9.17, 15) is 9.59 Å². The number of amides is 1. The lowest BCUT2D eigenvalue weighted by molar-refractivity contribution is -0.153. The molecule has 8 heteroatoms. The van der Waals surface area contributed by atoms with Crippen LogP contribution in [0.25, 0.3) is 0 Å². The van der Waals surface area contributed by atoms with Gasteiger partial charge in [-0.05, 0) is 17.5 Å². The zero-order valence-corrected chi connectivity index (χ0v) is 17.5. The molecular weight excluding hydrogens is 408 g/mol. The fourth-order valence-electron chi connectivity index (χ4n) is 2.35. The fraction of sp³-hybridized carbons (Fsp3) is 0.273. The Labute approximate surface area is 182 Å². The second-order valence-electron chi connectivity index (χ2n) is 6.22. The molecule has 0 aliphatic carbocycles. The number of esters is 1. The van der Waals surface area contributed by atoms with Gasteiger partial charge < -0.3 is 15.2 Å². The first-order valence-electron chi connectivity index (χ1n) is 9.28. The Morgan fingerprint density at radius 1 is 0.967 bits per heavy atom. The van der Waals surface area contributed by atoms with Gasteiger partial charge in [0.2, 0.25) is 0 Å². The van der Waals surface area contributed by atoms with Crippen molar-refractivity contribution in [2.45, 2.75) is 25.7 Å². The van der Waals surface area contributed by atoms with Crippen LogP contribution in [0, 0.1) is 0 Å². The van der Waals surface area contributed by atoms with Gasteiger partial charge in [-0.2, -0.15) is 5.06 Å². The Morgan fingerprint density at radius 3 is 2.10 bits per heavy atom. The van der Waals surface area contributed by atoms with Gasteiger partial charge in [0.05, 0.1) is 6.54 Å². The Hall–Kier alpha value is -2.87. The molecule has 1 atom stereocenters. The third-order valence-corrected chi connectivity index (χ3v) is 3.93. The highest BCUT2D eigenvalue weighted by Gasteiger charge is 2.21. The zero-order valence-electron chi connectivity index (χ0n) is 16.6. The molecule has 0 aromatic heterocycles. The van der Waals surface area contributed by atoms with Crippen molar-refractivity contribution in [3.63, 3.8) is 0 Å². The number of nitrogens with zero attached hydrogens (tertiary/aromatic N) is 1. The highest BCUT2D eigenvalue weighted by Crippen LogP contribution is 2.09. The number of halogens is 1. The van der Waals surface area contributed by atoms with Gasteiger partial charge in [0, 0.05) is 0 Å². The van der Waals surface area contributed by atoms with Crippen molar-refractivity contribution in [2.24, 2.45) is 5.73 Å². The van der Waals surface area contributed by atoms with Gasteiger partial charge in [-0.1, -0.05) is 73.3 Å². The predicted octanol–water partition coefficient (Wildman–Crippen LogP) is 3.63. The molecule has 0 saturated carbocycles. The summed E-state index contributed by atoms with van der Waals surface area (Å²) >= 11 is 0. The Morgan fingerprint density at radius 2 is 1.53 bits per heavy atom. The number of nitrogens with two attached hydrogens (primary N) is 1. The van der Waals surface area contributed by atoms with Crippen molar-refractivity contribution in [1.29, 1.82) is 0 Å². The summed E-state index contributed by atoms with van der Waals surface area (Å²) in [5.74, 6) is -0.564. The first-order valence-corrected chi connectivity index (χ1v) is 9.28. The van der Waals surface area contributed by atoms with Crippen molar-refractivity contribution in [3.05, 3.63) is 84.4 Å². The molecule has 2 rings (SSSR count). The first kappa shape index (κ1) is 25.2. The van der Waals surface area contributed by atoms with Crippen LogP contribution in [0.1, 0.15) is 17.5 Å². The average molecular weight is 435 g/mol. The monoisotopic (exact) mass is 434 g/mol. The third kappa shape index (κ3) is 9.09. The van der Waals surface area contributed by atoms with Gasteiger partial charge in [0.15, 0.2) is 0 Å². The van der Waals surface area contributed by atoms with E-state index in [-0.39, 0.29) is 45.2 Å². The topological polar surface area (TPSA) is 91.1 Å². The molecule has 2 aromatic carbocycles. The summed E-state index contributed by atoms with van der Waals surface area (Å²) in [6.07, 6.45) is 0.961. The summed E-state index contributed by atoms with van der Waals surface area (Å²) in [7, 11) is 0. The van der Waals surface area contributed by atoms with Gasteiger partial charge in [0.1, 0.15) is 25.9 Å². The minimum Gasteiger partial charge on any atom is -0.460 e. The molecule has 0 saturated heterocycles. The molecule has 0 aliphatic rings. The molecule has 0 radical (unpaired) electrons. The van der Waals surface area contributed by atoms with Crippen molar-refractivity contribution in [1.82, 2.24) is 5.06 Å². The molecule has 162 valence electrons. The van der Waals surface area contributed by atoms with E-state index in [1.54, 1.807) is 0 Å². The van der Waals surface area contributed by atoms with Crippen LogP contribution in [0.2, 0.25) is 0 Å². The second-order valence-corrected chi connectivity index (χ2v) is 6.22. The molecule has 2 aromatic rings. The zero-order chi connectivity index (χ0) is 20.9. The molecule has 30 heavy (non-hydrogen) atoms. The van der Waals surface area contributed by atoms with Crippen molar-refractivity contribution < 1.29 is 23.9 Å². The van der Waals surface area contributed by atoms with Crippen LogP contribution in [0.3, 0.4) is 0 Å². The highest BCUT2D eigenvalue weighted by molar-refractivity contribution is 5.85. The number of rotatable bonds is 11. The van der Waals surface area contributed by atoms with E-state index in [1.165, 1.54) is 6.08 Å². The maximum Gasteiger partial charge on any atom is 0.434 e. The van der Waals surface area contributed by atoms with Gasteiger partial charge in [-0.3, -0.25) is 9.63 Å². The van der Waals surface area contributed by atoms with Gasteiger partial charge >= 0.3 is 12.1 Å². The first-order chi connectivity index (χ1) is 14.1. The number of carbonyl (C=O) groups excluding carboxylic acids is 2. The number of benzene rings is 2. The number of carbonyl (C=O) groups is 2. The van der Waals surface area contributed by atoms with E-state index >= 15 is 0 Å². The van der Waals surface area contributed by atoms with Crippen LogP contribution < -0.4 is 5.73 Å². The van der Waals surface area contributed by atoms with Crippen LogP contribution in [-0.2, 0) is 32.3 Å². The fourth-order valence-corrected chi connectivity index (χ4v) is 2.35. The molecule has 0 fully saturated rings. The lowest BCUT2D eigenvalue weighted by Gasteiger charge is -2.22.